The quantitative estimate of drug-likeness (QED) is 0.828. The van der Waals surface area contributed by atoms with Crippen LogP contribution in [0.3, 0.4) is 0 Å². The number of carbonyl (C=O) groups is 1. The SMILES string of the molecule is Cc1ccc(CNC(=O)C2CNCC2C)cc1. The van der Waals surface area contributed by atoms with E-state index in [9.17, 15) is 4.79 Å². The van der Waals surface area contributed by atoms with Gasteiger partial charge in [-0.1, -0.05) is 36.8 Å². The molecule has 1 saturated heterocycles. The fourth-order valence-corrected chi connectivity index (χ4v) is 2.19. The molecule has 3 nitrogen and oxygen atoms in total. The van der Waals surface area contributed by atoms with E-state index in [1.54, 1.807) is 0 Å². The van der Waals surface area contributed by atoms with Crippen molar-refractivity contribution in [3.63, 3.8) is 0 Å². The van der Waals surface area contributed by atoms with Crippen molar-refractivity contribution in [1.82, 2.24) is 10.6 Å². The van der Waals surface area contributed by atoms with Crippen LogP contribution in [0.5, 0.6) is 0 Å². The molecule has 0 saturated carbocycles. The van der Waals surface area contributed by atoms with Crippen LogP contribution in [0.2, 0.25) is 0 Å². The largest absolute Gasteiger partial charge is 0.352 e. The van der Waals surface area contributed by atoms with Gasteiger partial charge in [-0.15, -0.1) is 0 Å². The summed E-state index contributed by atoms with van der Waals surface area (Å²) in [6.45, 7) is 6.57. The maximum Gasteiger partial charge on any atom is 0.224 e. The van der Waals surface area contributed by atoms with Crippen molar-refractivity contribution in [3.05, 3.63) is 35.4 Å². The normalized spacial score (nSPS) is 23.6. The number of aryl methyl sites for hydroxylation is 1. The first-order chi connectivity index (χ1) is 8.16. The summed E-state index contributed by atoms with van der Waals surface area (Å²) in [6.07, 6.45) is 0. The summed E-state index contributed by atoms with van der Waals surface area (Å²) in [7, 11) is 0. The molecule has 1 aliphatic rings. The lowest BCUT2D eigenvalue weighted by Crippen LogP contribution is -2.33. The number of amides is 1. The van der Waals surface area contributed by atoms with Crippen molar-refractivity contribution in [3.8, 4) is 0 Å². The van der Waals surface area contributed by atoms with Crippen LogP contribution in [0.4, 0.5) is 0 Å². The Balaban J connectivity index is 1.85. The first-order valence-electron chi connectivity index (χ1n) is 6.21. The summed E-state index contributed by atoms with van der Waals surface area (Å²) in [5.74, 6) is 0.733. The standard InChI is InChI=1S/C14H20N2O/c1-10-3-5-12(6-4-10)8-16-14(17)13-9-15-7-11(13)2/h3-6,11,13,15H,7-9H2,1-2H3,(H,16,17). The van der Waals surface area contributed by atoms with Gasteiger partial charge in [0.05, 0.1) is 5.92 Å². The Morgan fingerprint density at radius 2 is 2.06 bits per heavy atom. The summed E-state index contributed by atoms with van der Waals surface area (Å²) >= 11 is 0. The molecule has 0 bridgehead atoms. The molecule has 0 radical (unpaired) electrons. The van der Waals surface area contributed by atoms with Crippen molar-refractivity contribution in [2.45, 2.75) is 20.4 Å². The van der Waals surface area contributed by atoms with Crippen LogP contribution in [-0.2, 0) is 11.3 Å². The fraction of sp³-hybridized carbons (Fsp3) is 0.500. The maximum atomic E-state index is 11.9. The van der Waals surface area contributed by atoms with Gasteiger partial charge in [0.2, 0.25) is 5.91 Å². The second kappa shape index (κ2) is 5.32. The van der Waals surface area contributed by atoms with Crippen LogP contribution in [0, 0.1) is 18.8 Å². The van der Waals surface area contributed by atoms with Gasteiger partial charge >= 0.3 is 0 Å². The number of rotatable bonds is 3. The number of hydrogen-bond donors (Lipinski definition) is 2. The summed E-state index contributed by atoms with van der Waals surface area (Å²) < 4.78 is 0. The van der Waals surface area contributed by atoms with Crippen molar-refractivity contribution in [2.75, 3.05) is 13.1 Å². The third-order valence-electron chi connectivity index (χ3n) is 3.44. The predicted molar refractivity (Wildman–Crippen MR) is 68.5 cm³/mol. The van der Waals surface area contributed by atoms with Gasteiger partial charge in [0, 0.05) is 13.1 Å². The van der Waals surface area contributed by atoms with Gasteiger partial charge in [-0.25, -0.2) is 0 Å². The zero-order valence-electron chi connectivity index (χ0n) is 10.5. The highest BCUT2D eigenvalue weighted by molar-refractivity contribution is 5.79. The Hall–Kier alpha value is -1.35. The molecule has 2 rings (SSSR count). The predicted octanol–water partition coefficient (Wildman–Crippen LogP) is 1.47. The molecule has 2 atom stereocenters. The lowest BCUT2D eigenvalue weighted by atomic mass is 9.97. The molecule has 1 aromatic rings. The van der Waals surface area contributed by atoms with Crippen LogP contribution in [0.15, 0.2) is 24.3 Å². The first-order valence-corrected chi connectivity index (χ1v) is 6.21. The lowest BCUT2D eigenvalue weighted by Gasteiger charge is -2.14. The van der Waals surface area contributed by atoms with Crippen molar-refractivity contribution in [1.29, 1.82) is 0 Å². The Morgan fingerprint density at radius 1 is 1.35 bits per heavy atom. The van der Waals surface area contributed by atoms with Gasteiger partial charge in [-0.3, -0.25) is 4.79 Å². The third-order valence-corrected chi connectivity index (χ3v) is 3.44. The zero-order chi connectivity index (χ0) is 12.3. The molecule has 2 unspecified atom stereocenters. The summed E-state index contributed by atoms with van der Waals surface area (Å²) in [5.41, 5.74) is 2.40. The molecule has 2 N–H and O–H groups in total. The fourth-order valence-electron chi connectivity index (χ4n) is 2.19. The van der Waals surface area contributed by atoms with Crippen molar-refractivity contribution in [2.24, 2.45) is 11.8 Å². The average molecular weight is 232 g/mol. The van der Waals surface area contributed by atoms with Crippen LogP contribution in [-0.4, -0.2) is 19.0 Å². The minimum atomic E-state index is 0.125. The zero-order valence-corrected chi connectivity index (χ0v) is 10.5. The summed E-state index contributed by atoms with van der Waals surface area (Å²) in [4.78, 5) is 11.9. The van der Waals surface area contributed by atoms with Crippen LogP contribution >= 0.6 is 0 Å². The number of nitrogens with one attached hydrogen (secondary N) is 2. The molecule has 1 aromatic carbocycles. The topological polar surface area (TPSA) is 41.1 Å². The van der Waals surface area contributed by atoms with Gasteiger partial charge in [0.1, 0.15) is 0 Å². The molecule has 0 spiro atoms. The molecule has 1 aliphatic heterocycles. The smallest absolute Gasteiger partial charge is 0.224 e. The molecule has 17 heavy (non-hydrogen) atoms. The van der Waals surface area contributed by atoms with Gasteiger partial charge in [-0.05, 0) is 24.9 Å². The van der Waals surface area contributed by atoms with Crippen LogP contribution in [0.1, 0.15) is 18.1 Å². The van der Waals surface area contributed by atoms with E-state index in [0.29, 0.717) is 12.5 Å². The minimum absolute atomic E-state index is 0.125. The van der Waals surface area contributed by atoms with E-state index >= 15 is 0 Å². The van der Waals surface area contributed by atoms with Crippen molar-refractivity contribution < 1.29 is 4.79 Å². The lowest BCUT2D eigenvalue weighted by molar-refractivity contribution is -0.125. The van der Waals surface area contributed by atoms with Gasteiger partial charge in [0.15, 0.2) is 0 Å². The van der Waals surface area contributed by atoms with E-state index in [2.05, 4.69) is 48.7 Å². The van der Waals surface area contributed by atoms with E-state index in [1.165, 1.54) is 5.56 Å². The Bertz CT molecular complexity index is 386. The van der Waals surface area contributed by atoms with E-state index in [1.807, 2.05) is 0 Å². The highest BCUT2D eigenvalue weighted by Gasteiger charge is 2.29. The first kappa shape index (κ1) is 12.1. The molecule has 3 heteroatoms. The van der Waals surface area contributed by atoms with E-state index in [0.717, 1.165) is 18.7 Å². The molecular weight excluding hydrogens is 212 g/mol. The van der Waals surface area contributed by atoms with E-state index in [4.69, 9.17) is 0 Å². The molecule has 0 aliphatic carbocycles. The Kier molecular flexibility index (Phi) is 3.79. The van der Waals surface area contributed by atoms with Gasteiger partial charge < -0.3 is 10.6 Å². The average Bonchev–Trinajstić information content (AvgIpc) is 2.74. The molecule has 0 aromatic heterocycles. The molecule has 92 valence electrons. The highest BCUT2D eigenvalue weighted by Crippen LogP contribution is 2.15. The third kappa shape index (κ3) is 3.07. The van der Waals surface area contributed by atoms with Crippen LogP contribution < -0.4 is 10.6 Å². The molecule has 1 amide bonds. The second-order valence-electron chi connectivity index (χ2n) is 4.95. The summed E-state index contributed by atoms with van der Waals surface area (Å²) in [5, 5.41) is 6.26. The Labute approximate surface area is 103 Å². The maximum absolute atomic E-state index is 11.9. The highest BCUT2D eigenvalue weighted by atomic mass is 16.1. The second-order valence-corrected chi connectivity index (χ2v) is 4.95. The molecule has 1 fully saturated rings. The molecule has 1 heterocycles. The Morgan fingerprint density at radius 3 is 2.65 bits per heavy atom. The van der Waals surface area contributed by atoms with Gasteiger partial charge in [-0.2, -0.15) is 0 Å². The number of benzene rings is 1. The number of carbonyl (C=O) groups excluding carboxylic acids is 1. The van der Waals surface area contributed by atoms with Gasteiger partial charge in [0.25, 0.3) is 0 Å². The number of hydrogen-bond acceptors (Lipinski definition) is 2. The minimum Gasteiger partial charge on any atom is -0.352 e. The summed E-state index contributed by atoms with van der Waals surface area (Å²) in [6, 6.07) is 8.26. The van der Waals surface area contributed by atoms with E-state index < -0.39 is 0 Å². The van der Waals surface area contributed by atoms with Crippen LogP contribution in [0.25, 0.3) is 0 Å². The molecular formula is C14H20N2O. The monoisotopic (exact) mass is 232 g/mol. The van der Waals surface area contributed by atoms with Crippen molar-refractivity contribution >= 4 is 5.91 Å². The van der Waals surface area contributed by atoms with E-state index in [-0.39, 0.29) is 11.8 Å².